The van der Waals surface area contributed by atoms with E-state index in [0.29, 0.717) is 11.6 Å². The lowest BCUT2D eigenvalue weighted by Crippen LogP contribution is -2.40. The maximum Gasteiger partial charge on any atom is 0.251 e. The van der Waals surface area contributed by atoms with Gasteiger partial charge in [-0.1, -0.05) is 40.2 Å². The van der Waals surface area contributed by atoms with E-state index < -0.39 is 0 Å². The van der Waals surface area contributed by atoms with Crippen molar-refractivity contribution in [3.63, 3.8) is 0 Å². The number of fused-ring (bicyclic) bond motifs is 1. The molecular formula is C22H23BrClN3O. The van der Waals surface area contributed by atoms with Gasteiger partial charge in [0.2, 0.25) is 0 Å². The van der Waals surface area contributed by atoms with E-state index in [1.165, 1.54) is 0 Å². The Hall–Kier alpha value is -2.11. The third kappa shape index (κ3) is 5.03. The molecule has 0 bridgehead atoms. The molecule has 0 atom stereocenters. The van der Waals surface area contributed by atoms with Gasteiger partial charge in [-0.2, -0.15) is 0 Å². The van der Waals surface area contributed by atoms with E-state index in [9.17, 15) is 4.79 Å². The number of rotatable bonds is 4. The summed E-state index contributed by atoms with van der Waals surface area (Å²) in [6, 6.07) is 20.5. The first-order valence-electron chi connectivity index (χ1n) is 9.36. The zero-order valence-electron chi connectivity index (χ0n) is 15.4. The Morgan fingerprint density at radius 2 is 1.68 bits per heavy atom. The molecule has 1 aliphatic carbocycles. The number of para-hydroxylation sites is 1. The fraction of sp³-hybridized carbons (Fsp3) is 0.273. The molecule has 0 spiro atoms. The van der Waals surface area contributed by atoms with Crippen LogP contribution in [-0.2, 0) is 0 Å². The molecule has 2 N–H and O–H groups in total. The molecule has 1 aromatic heterocycles. The van der Waals surface area contributed by atoms with Crippen LogP contribution in [0, 0.1) is 0 Å². The summed E-state index contributed by atoms with van der Waals surface area (Å²) in [5.41, 5.74) is 1.71. The van der Waals surface area contributed by atoms with Crippen molar-refractivity contribution in [1.82, 2.24) is 10.3 Å². The summed E-state index contributed by atoms with van der Waals surface area (Å²) in [6.07, 6.45) is 4.01. The van der Waals surface area contributed by atoms with Crippen LogP contribution in [0.15, 0.2) is 65.1 Å². The lowest BCUT2D eigenvalue weighted by molar-refractivity contribution is 0.0926. The molecule has 28 heavy (non-hydrogen) atoms. The third-order valence-electron chi connectivity index (χ3n) is 5.10. The molecule has 4 rings (SSSR count). The number of nitrogens with one attached hydrogen (secondary N) is 2. The highest BCUT2D eigenvalue weighted by atomic mass is 79.9. The third-order valence-corrected chi connectivity index (χ3v) is 5.59. The van der Waals surface area contributed by atoms with Crippen LogP contribution >= 0.6 is 28.3 Å². The smallest absolute Gasteiger partial charge is 0.251 e. The zero-order chi connectivity index (χ0) is 18.6. The second kappa shape index (κ2) is 9.39. The Morgan fingerprint density at radius 1 is 0.929 bits per heavy atom. The standard InChI is InChI=1S/C22H22BrN3O.ClH/c23-17-6-3-5-16(14-17)22(27)25-19-11-9-18(10-12-19)24-21-13-8-15-4-1-2-7-20(15)26-21;/h1-8,13-14,18-19H,9-12H2,(H,24,26)(H,25,27);1H/t18-,19+;. The Labute approximate surface area is 179 Å². The normalized spacial score (nSPS) is 18.9. The number of aromatic nitrogens is 1. The highest BCUT2D eigenvalue weighted by Crippen LogP contribution is 2.23. The molecule has 2 aromatic carbocycles. The van der Waals surface area contributed by atoms with Crippen molar-refractivity contribution in [3.8, 4) is 0 Å². The molecule has 1 aliphatic rings. The van der Waals surface area contributed by atoms with Gasteiger partial charge in [0.05, 0.1) is 5.52 Å². The summed E-state index contributed by atoms with van der Waals surface area (Å²) in [6.45, 7) is 0. The van der Waals surface area contributed by atoms with E-state index in [0.717, 1.165) is 46.9 Å². The van der Waals surface area contributed by atoms with Crippen LogP contribution in [0.25, 0.3) is 10.9 Å². The molecule has 1 heterocycles. The van der Waals surface area contributed by atoms with E-state index in [1.54, 1.807) is 0 Å². The summed E-state index contributed by atoms with van der Waals surface area (Å²) in [4.78, 5) is 17.1. The average molecular weight is 461 g/mol. The SMILES string of the molecule is Cl.O=C(N[C@H]1CC[C@@H](Nc2ccc3ccccc3n2)CC1)c1cccc(Br)c1. The molecule has 0 radical (unpaired) electrons. The first-order chi connectivity index (χ1) is 13.2. The monoisotopic (exact) mass is 459 g/mol. The van der Waals surface area contributed by atoms with Gasteiger partial charge in [0.15, 0.2) is 0 Å². The Morgan fingerprint density at radius 3 is 2.46 bits per heavy atom. The predicted molar refractivity (Wildman–Crippen MR) is 120 cm³/mol. The summed E-state index contributed by atoms with van der Waals surface area (Å²) in [5.74, 6) is 0.930. The van der Waals surface area contributed by atoms with Crippen molar-refractivity contribution in [2.75, 3.05) is 5.32 Å². The summed E-state index contributed by atoms with van der Waals surface area (Å²) in [5, 5.41) is 7.88. The molecule has 0 unspecified atom stereocenters. The number of carbonyl (C=O) groups is 1. The molecule has 6 heteroatoms. The second-order valence-corrected chi connectivity index (χ2v) is 7.98. The maximum atomic E-state index is 12.4. The fourth-order valence-corrected chi connectivity index (χ4v) is 4.04. The van der Waals surface area contributed by atoms with E-state index in [4.69, 9.17) is 4.98 Å². The average Bonchev–Trinajstić information content (AvgIpc) is 2.69. The number of amides is 1. The number of carbonyl (C=O) groups excluding carboxylic acids is 1. The second-order valence-electron chi connectivity index (χ2n) is 7.07. The maximum absolute atomic E-state index is 12.4. The van der Waals surface area contributed by atoms with Crippen molar-refractivity contribution in [3.05, 3.63) is 70.7 Å². The highest BCUT2D eigenvalue weighted by Gasteiger charge is 2.23. The fourth-order valence-electron chi connectivity index (χ4n) is 3.64. The quantitative estimate of drug-likeness (QED) is 0.535. The molecule has 0 saturated heterocycles. The van der Waals surface area contributed by atoms with Gasteiger partial charge in [-0.25, -0.2) is 4.98 Å². The van der Waals surface area contributed by atoms with Gasteiger partial charge in [-0.15, -0.1) is 12.4 Å². The number of benzene rings is 2. The number of anilines is 1. The van der Waals surface area contributed by atoms with Crippen LogP contribution in [0.1, 0.15) is 36.0 Å². The number of halogens is 2. The number of hydrogen-bond donors (Lipinski definition) is 2. The van der Waals surface area contributed by atoms with E-state index >= 15 is 0 Å². The van der Waals surface area contributed by atoms with Crippen molar-refractivity contribution < 1.29 is 4.79 Å². The van der Waals surface area contributed by atoms with Crippen molar-refractivity contribution in [1.29, 1.82) is 0 Å². The molecule has 1 fully saturated rings. The number of hydrogen-bond acceptors (Lipinski definition) is 3. The van der Waals surface area contributed by atoms with Gasteiger partial charge < -0.3 is 10.6 Å². The largest absolute Gasteiger partial charge is 0.367 e. The molecule has 3 aromatic rings. The Kier molecular flexibility index (Phi) is 6.92. The van der Waals surface area contributed by atoms with Crippen molar-refractivity contribution >= 4 is 51.0 Å². The van der Waals surface area contributed by atoms with Crippen molar-refractivity contribution in [2.45, 2.75) is 37.8 Å². The van der Waals surface area contributed by atoms with Crippen LogP contribution < -0.4 is 10.6 Å². The molecule has 146 valence electrons. The van der Waals surface area contributed by atoms with Gasteiger partial charge in [-0.3, -0.25) is 4.79 Å². The highest BCUT2D eigenvalue weighted by molar-refractivity contribution is 9.10. The van der Waals surface area contributed by atoms with Crippen LogP contribution in [0.2, 0.25) is 0 Å². The zero-order valence-corrected chi connectivity index (χ0v) is 17.8. The van der Waals surface area contributed by atoms with Gasteiger partial charge in [0.1, 0.15) is 5.82 Å². The topological polar surface area (TPSA) is 54.0 Å². The minimum Gasteiger partial charge on any atom is -0.367 e. The van der Waals surface area contributed by atoms with E-state index in [-0.39, 0.29) is 24.4 Å². The van der Waals surface area contributed by atoms with Crippen molar-refractivity contribution in [2.24, 2.45) is 0 Å². The molecule has 4 nitrogen and oxygen atoms in total. The minimum atomic E-state index is 0. The summed E-state index contributed by atoms with van der Waals surface area (Å²) in [7, 11) is 0. The van der Waals surface area contributed by atoms with Crippen LogP contribution in [0.3, 0.4) is 0 Å². The molecule has 0 aliphatic heterocycles. The Balaban J connectivity index is 0.00000225. The van der Waals surface area contributed by atoms with Gasteiger partial charge in [0.25, 0.3) is 5.91 Å². The first-order valence-corrected chi connectivity index (χ1v) is 10.2. The van der Waals surface area contributed by atoms with Crippen LogP contribution in [0.5, 0.6) is 0 Å². The van der Waals surface area contributed by atoms with E-state index in [2.05, 4.69) is 38.7 Å². The summed E-state index contributed by atoms with van der Waals surface area (Å²) >= 11 is 3.42. The lowest BCUT2D eigenvalue weighted by atomic mass is 9.91. The van der Waals surface area contributed by atoms with Crippen LogP contribution in [-0.4, -0.2) is 23.0 Å². The Bertz CT molecular complexity index is 957. The number of pyridine rings is 1. The first kappa shape index (κ1) is 20.6. The minimum absolute atomic E-state index is 0. The van der Waals surface area contributed by atoms with E-state index in [1.807, 2.05) is 48.5 Å². The molecule has 1 saturated carbocycles. The molecule has 1 amide bonds. The van der Waals surface area contributed by atoms with Gasteiger partial charge in [0, 0.05) is 27.5 Å². The van der Waals surface area contributed by atoms with Gasteiger partial charge in [-0.05, 0) is 62.1 Å². The van der Waals surface area contributed by atoms with Gasteiger partial charge >= 0.3 is 0 Å². The van der Waals surface area contributed by atoms with Crippen LogP contribution in [0.4, 0.5) is 5.82 Å². The molecular weight excluding hydrogens is 438 g/mol. The predicted octanol–water partition coefficient (Wildman–Crippen LogP) is 5.57. The summed E-state index contributed by atoms with van der Waals surface area (Å²) < 4.78 is 0.922. The lowest BCUT2D eigenvalue weighted by Gasteiger charge is -2.30. The number of nitrogens with zero attached hydrogens (tertiary/aromatic N) is 1.